The number of anilines is 1. The highest BCUT2D eigenvalue weighted by atomic mass is 35.5. The van der Waals surface area contributed by atoms with Gasteiger partial charge in [0.2, 0.25) is 5.91 Å². The van der Waals surface area contributed by atoms with Crippen LogP contribution in [0.3, 0.4) is 0 Å². The Labute approximate surface area is 153 Å². The molecule has 1 fully saturated rings. The van der Waals surface area contributed by atoms with Gasteiger partial charge in [0.15, 0.2) is 0 Å². The maximum absolute atomic E-state index is 12.7. The summed E-state index contributed by atoms with van der Waals surface area (Å²) in [6.07, 6.45) is 4.24. The molecule has 1 aromatic carbocycles. The molecule has 25 heavy (non-hydrogen) atoms. The molecule has 3 N–H and O–H groups in total. The van der Waals surface area contributed by atoms with Gasteiger partial charge in [-0.1, -0.05) is 30.5 Å². The Kier molecular flexibility index (Phi) is 4.29. The second kappa shape index (κ2) is 6.46. The van der Waals surface area contributed by atoms with Gasteiger partial charge in [-0.2, -0.15) is 0 Å². The van der Waals surface area contributed by atoms with E-state index in [-0.39, 0.29) is 39.3 Å². The van der Waals surface area contributed by atoms with Crippen molar-refractivity contribution in [3.63, 3.8) is 0 Å². The summed E-state index contributed by atoms with van der Waals surface area (Å²) in [5.74, 6) is 0.698. The molecule has 1 aromatic heterocycles. The number of nitrogens with zero attached hydrogens (tertiary/aromatic N) is 1. The van der Waals surface area contributed by atoms with E-state index in [2.05, 4.69) is 10.4 Å². The minimum absolute atomic E-state index is 0.00380. The number of phenols is 1. The fourth-order valence-corrected chi connectivity index (χ4v) is 4.93. The number of rotatable bonds is 2. The Morgan fingerprint density at radius 3 is 2.72 bits per heavy atom. The molecule has 1 aliphatic heterocycles. The van der Waals surface area contributed by atoms with Crippen LogP contribution in [-0.4, -0.2) is 26.5 Å². The summed E-state index contributed by atoms with van der Waals surface area (Å²) in [7, 11) is 0. The van der Waals surface area contributed by atoms with Crippen molar-refractivity contribution < 1.29 is 9.90 Å². The third kappa shape index (κ3) is 2.95. The van der Waals surface area contributed by atoms with Crippen LogP contribution in [0.15, 0.2) is 23.0 Å². The van der Waals surface area contributed by atoms with Gasteiger partial charge < -0.3 is 10.4 Å². The van der Waals surface area contributed by atoms with Crippen LogP contribution in [0.4, 0.5) is 5.82 Å². The average molecular weight is 380 g/mol. The number of carbonyl (C=O) groups excluding carboxylic acids is 1. The number of hydrogen-bond donors (Lipinski definition) is 3. The molecule has 1 unspecified atom stereocenters. The van der Waals surface area contributed by atoms with Crippen LogP contribution in [0.5, 0.6) is 5.75 Å². The van der Waals surface area contributed by atoms with E-state index in [4.69, 9.17) is 11.6 Å². The fraction of sp³-hybridized carbons (Fsp3) is 0.412. The highest BCUT2D eigenvalue weighted by molar-refractivity contribution is 8.00. The molecular weight excluding hydrogens is 362 g/mol. The number of nitrogens with one attached hydrogen (secondary N) is 2. The van der Waals surface area contributed by atoms with E-state index in [0.717, 1.165) is 31.2 Å². The number of hydrogen-bond acceptors (Lipinski definition) is 4. The number of fused-ring (bicyclic) bond motifs is 1. The fourth-order valence-electron chi connectivity index (χ4n) is 3.63. The highest BCUT2D eigenvalue weighted by Crippen LogP contribution is 2.43. The predicted molar refractivity (Wildman–Crippen MR) is 98.6 cm³/mol. The third-order valence-electron chi connectivity index (χ3n) is 4.83. The lowest BCUT2D eigenvalue weighted by Gasteiger charge is -2.17. The van der Waals surface area contributed by atoms with Crippen molar-refractivity contribution in [1.82, 2.24) is 9.78 Å². The van der Waals surface area contributed by atoms with Crippen molar-refractivity contribution in [2.75, 3.05) is 11.1 Å². The Balaban J connectivity index is 1.84. The van der Waals surface area contributed by atoms with Crippen LogP contribution in [0.1, 0.15) is 48.1 Å². The topological polar surface area (TPSA) is 87.1 Å². The smallest absolute Gasteiger partial charge is 0.270 e. The van der Waals surface area contributed by atoms with Crippen molar-refractivity contribution in [2.45, 2.75) is 37.0 Å². The Hall–Kier alpha value is -1.86. The van der Waals surface area contributed by atoms with E-state index in [1.165, 1.54) is 17.8 Å². The number of thioether (sulfide) groups is 1. The number of halogens is 1. The number of carbonyl (C=O) groups is 1. The summed E-state index contributed by atoms with van der Waals surface area (Å²) < 4.78 is 1.84. The molecular formula is C17H18ClN3O3S. The van der Waals surface area contributed by atoms with Crippen LogP contribution in [-0.2, 0) is 4.79 Å². The van der Waals surface area contributed by atoms with Gasteiger partial charge >= 0.3 is 0 Å². The number of benzene rings is 1. The Morgan fingerprint density at radius 1 is 1.24 bits per heavy atom. The summed E-state index contributed by atoms with van der Waals surface area (Å²) in [6, 6.07) is 5.12. The molecule has 0 bridgehead atoms. The predicted octanol–water partition coefficient (Wildman–Crippen LogP) is 3.43. The molecule has 6 nitrogen and oxygen atoms in total. The number of phenolic OH excluding ortho intramolecular Hbond substituents is 1. The summed E-state index contributed by atoms with van der Waals surface area (Å²) in [6.45, 7) is 0. The average Bonchev–Trinajstić information content (AvgIpc) is 3.16. The zero-order chi connectivity index (χ0) is 17.6. The molecule has 2 heterocycles. The summed E-state index contributed by atoms with van der Waals surface area (Å²) in [4.78, 5) is 24.9. The van der Waals surface area contributed by atoms with Crippen LogP contribution >= 0.6 is 23.4 Å². The Bertz CT molecular complexity index is 886. The van der Waals surface area contributed by atoms with Gasteiger partial charge in [-0.15, -0.1) is 11.8 Å². The maximum Gasteiger partial charge on any atom is 0.270 e. The van der Waals surface area contributed by atoms with Gasteiger partial charge in [-0.25, -0.2) is 0 Å². The SMILES string of the molecule is O=C1CSC(c2ccc(O)c(Cl)c2)c2c(n(C3CCCC3)[nH]c2=O)N1. The molecule has 0 radical (unpaired) electrons. The van der Waals surface area contributed by atoms with Crippen molar-refractivity contribution >= 4 is 35.1 Å². The first-order valence-electron chi connectivity index (χ1n) is 8.29. The van der Waals surface area contributed by atoms with Gasteiger partial charge in [-0.05, 0) is 30.5 Å². The third-order valence-corrected chi connectivity index (χ3v) is 6.40. The lowest BCUT2D eigenvalue weighted by molar-refractivity contribution is -0.113. The zero-order valence-corrected chi connectivity index (χ0v) is 15.0. The van der Waals surface area contributed by atoms with Gasteiger partial charge in [-0.3, -0.25) is 19.4 Å². The second-order valence-corrected chi connectivity index (χ2v) is 7.96. The van der Waals surface area contributed by atoms with E-state index < -0.39 is 0 Å². The normalized spacial score (nSPS) is 21.0. The van der Waals surface area contributed by atoms with E-state index in [1.54, 1.807) is 12.1 Å². The molecule has 4 rings (SSSR count). The molecule has 1 atom stereocenters. The van der Waals surface area contributed by atoms with Crippen molar-refractivity contribution in [1.29, 1.82) is 0 Å². The summed E-state index contributed by atoms with van der Waals surface area (Å²) >= 11 is 7.43. The van der Waals surface area contributed by atoms with E-state index in [1.807, 2.05) is 4.68 Å². The monoisotopic (exact) mass is 379 g/mol. The molecule has 0 spiro atoms. The molecule has 1 saturated carbocycles. The van der Waals surface area contributed by atoms with Crippen LogP contribution < -0.4 is 10.9 Å². The Morgan fingerprint density at radius 2 is 2.00 bits per heavy atom. The largest absolute Gasteiger partial charge is 0.506 e. The first-order valence-corrected chi connectivity index (χ1v) is 9.71. The number of aromatic amines is 1. The van der Waals surface area contributed by atoms with Crippen molar-refractivity contribution in [3.05, 3.63) is 44.7 Å². The number of aromatic nitrogens is 2. The molecule has 1 amide bonds. The lowest BCUT2D eigenvalue weighted by Crippen LogP contribution is -2.18. The first kappa shape index (κ1) is 16.6. The van der Waals surface area contributed by atoms with Crippen LogP contribution in [0, 0.1) is 0 Å². The van der Waals surface area contributed by atoms with Crippen LogP contribution in [0.25, 0.3) is 0 Å². The molecule has 2 aliphatic rings. The molecule has 8 heteroatoms. The van der Waals surface area contributed by atoms with Gasteiger partial charge in [0.1, 0.15) is 11.6 Å². The zero-order valence-electron chi connectivity index (χ0n) is 13.4. The standard InChI is InChI=1S/C17H18ClN3O3S/c18-11-7-9(5-6-12(11)22)15-14-16(19-13(23)8-25-15)21(20-17(14)24)10-3-1-2-4-10/h5-7,10,15,22H,1-4,8H2,(H,19,23)(H,20,24). The molecule has 1 aliphatic carbocycles. The summed E-state index contributed by atoms with van der Waals surface area (Å²) in [5, 5.41) is 15.4. The molecule has 132 valence electrons. The van der Waals surface area contributed by atoms with Crippen LogP contribution in [0.2, 0.25) is 5.02 Å². The van der Waals surface area contributed by atoms with Gasteiger partial charge in [0, 0.05) is 0 Å². The van der Waals surface area contributed by atoms with Crippen molar-refractivity contribution in [3.8, 4) is 5.75 Å². The molecule has 0 saturated heterocycles. The van der Waals surface area contributed by atoms with E-state index in [0.29, 0.717) is 11.4 Å². The first-order chi connectivity index (χ1) is 12.0. The van der Waals surface area contributed by atoms with E-state index >= 15 is 0 Å². The number of amides is 1. The minimum atomic E-state index is -0.321. The number of aromatic hydroxyl groups is 1. The van der Waals surface area contributed by atoms with E-state index in [9.17, 15) is 14.7 Å². The highest BCUT2D eigenvalue weighted by Gasteiger charge is 2.33. The quantitative estimate of drug-likeness (QED) is 0.746. The minimum Gasteiger partial charge on any atom is -0.506 e. The maximum atomic E-state index is 12.7. The number of H-pyrrole nitrogens is 1. The van der Waals surface area contributed by atoms with Crippen molar-refractivity contribution in [2.24, 2.45) is 0 Å². The lowest BCUT2D eigenvalue weighted by atomic mass is 10.1. The van der Waals surface area contributed by atoms with Gasteiger partial charge in [0.25, 0.3) is 5.56 Å². The second-order valence-electron chi connectivity index (χ2n) is 6.46. The summed E-state index contributed by atoms with van der Waals surface area (Å²) in [5.41, 5.74) is 1.15. The molecule has 2 aromatic rings. The van der Waals surface area contributed by atoms with Gasteiger partial charge in [0.05, 0.1) is 27.6 Å².